The summed E-state index contributed by atoms with van der Waals surface area (Å²) in [5.41, 5.74) is 5.93. The zero-order valence-electron chi connectivity index (χ0n) is 7.14. The third-order valence-corrected chi connectivity index (χ3v) is 2.69. The third-order valence-electron chi connectivity index (χ3n) is 2.69. The highest BCUT2D eigenvalue weighted by Gasteiger charge is 2.21. The van der Waals surface area contributed by atoms with Crippen molar-refractivity contribution >= 4 is 0 Å². The lowest BCUT2D eigenvalue weighted by Crippen LogP contribution is -2.31. The summed E-state index contributed by atoms with van der Waals surface area (Å²) in [7, 11) is 0. The smallest absolute Gasteiger partial charge is 0.00645 e. The van der Waals surface area contributed by atoms with Crippen molar-refractivity contribution < 1.29 is 0 Å². The van der Waals surface area contributed by atoms with Gasteiger partial charge in [0.15, 0.2) is 0 Å². The van der Waals surface area contributed by atoms with E-state index in [-0.39, 0.29) is 0 Å². The van der Waals surface area contributed by atoms with E-state index < -0.39 is 0 Å². The molecule has 1 heteroatoms. The van der Waals surface area contributed by atoms with Gasteiger partial charge in [0.25, 0.3) is 0 Å². The molecule has 0 heterocycles. The first-order valence-electron chi connectivity index (χ1n) is 4.45. The van der Waals surface area contributed by atoms with Crippen LogP contribution in [0.1, 0.15) is 39.5 Å². The minimum absolute atomic E-state index is 0.449. The Bertz CT molecular complexity index is 94.9. The molecule has 1 fully saturated rings. The van der Waals surface area contributed by atoms with Crippen LogP contribution < -0.4 is 5.73 Å². The molecule has 60 valence electrons. The van der Waals surface area contributed by atoms with Gasteiger partial charge in [-0.1, -0.05) is 33.1 Å². The second-order valence-electron chi connectivity index (χ2n) is 3.94. The lowest BCUT2D eigenvalue weighted by molar-refractivity contribution is 0.256. The van der Waals surface area contributed by atoms with Crippen LogP contribution in [0.3, 0.4) is 0 Å². The van der Waals surface area contributed by atoms with Crippen LogP contribution in [0.5, 0.6) is 0 Å². The van der Waals surface area contributed by atoms with Gasteiger partial charge in [0.1, 0.15) is 0 Å². The zero-order valence-corrected chi connectivity index (χ0v) is 7.14. The lowest BCUT2D eigenvalue weighted by Gasteiger charge is -2.29. The topological polar surface area (TPSA) is 26.0 Å². The van der Waals surface area contributed by atoms with Gasteiger partial charge in [0.2, 0.25) is 0 Å². The van der Waals surface area contributed by atoms with E-state index in [1.54, 1.807) is 0 Å². The fourth-order valence-electron chi connectivity index (χ4n) is 1.39. The molecule has 10 heavy (non-hydrogen) atoms. The van der Waals surface area contributed by atoms with Crippen LogP contribution >= 0.6 is 0 Å². The van der Waals surface area contributed by atoms with Crippen molar-refractivity contribution in [1.82, 2.24) is 0 Å². The molecule has 0 amide bonds. The first-order valence-corrected chi connectivity index (χ1v) is 4.45. The van der Waals surface area contributed by atoms with Crippen LogP contribution in [0.4, 0.5) is 0 Å². The van der Waals surface area contributed by atoms with Gasteiger partial charge in [-0.15, -0.1) is 0 Å². The molecule has 1 saturated carbocycles. The summed E-state index contributed by atoms with van der Waals surface area (Å²) in [5.74, 6) is 1.64. The maximum atomic E-state index is 5.93. The molecule has 1 aliphatic carbocycles. The van der Waals surface area contributed by atoms with E-state index in [0.717, 1.165) is 5.92 Å². The van der Waals surface area contributed by atoms with E-state index in [1.165, 1.54) is 25.7 Å². The summed E-state index contributed by atoms with van der Waals surface area (Å²) in [4.78, 5) is 0. The molecule has 2 N–H and O–H groups in total. The molecule has 0 radical (unpaired) electrons. The average Bonchev–Trinajstić information content (AvgIpc) is 1.77. The van der Waals surface area contributed by atoms with Crippen LogP contribution in [0.25, 0.3) is 0 Å². The van der Waals surface area contributed by atoms with Gasteiger partial charge < -0.3 is 5.73 Å². The summed E-state index contributed by atoms with van der Waals surface area (Å²) >= 11 is 0. The summed E-state index contributed by atoms with van der Waals surface area (Å²) in [6, 6.07) is 0.449. The molecule has 0 aromatic rings. The Morgan fingerprint density at radius 2 is 2.00 bits per heavy atom. The zero-order chi connectivity index (χ0) is 7.56. The Hall–Kier alpha value is -0.0400. The molecule has 1 nitrogen and oxygen atoms in total. The molecule has 0 aliphatic heterocycles. The molecule has 1 unspecified atom stereocenters. The van der Waals surface area contributed by atoms with Crippen LogP contribution in [-0.4, -0.2) is 6.04 Å². The van der Waals surface area contributed by atoms with E-state index in [9.17, 15) is 0 Å². The standard InChI is InChI=1S/C9H19N/c1-7(2)9(10)6-8-4-3-5-8/h7-9H,3-6,10H2,1-2H3. The number of nitrogens with two attached hydrogens (primary N) is 1. The third kappa shape index (κ3) is 1.98. The van der Waals surface area contributed by atoms with Crippen LogP contribution in [-0.2, 0) is 0 Å². The number of hydrogen-bond donors (Lipinski definition) is 1. The second-order valence-corrected chi connectivity index (χ2v) is 3.94. The highest BCUT2D eigenvalue weighted by Crippen LogP contribution is 2.31. The molecule has 0 aromatic heterocycles. The fourth-order valence-corrected chi connectivity index (χ4v) is 1.39. The predicted octanol–water partition coefficient (Wildman–Crippen LogP) is 2.16. The molecule has 0 aromatic carbocycles. The molecule has 1 rings (SSSR count). The number of hydrogen-bond acceptors (Lipinski definition) is 1. The maximum absolute atomic E-state index is 5.93. The van der Waals surface area contributed by atoms with Crippen molar-refractivity contribution in [2.75, 3.05) is 0 Å². The molecule has 0 spiro atoms. The molecule has 1 atom stereocenters. The van der Waals surface area contributed by atoms with Crippen molar-refractivity contribution in [3.05, 3.63) is 0 Å². The van der Waals surface area contributed by atoms with Crippen molar-refractivity contribution in [3.8, 4) is 0 Å². The minimum atomic E-state index is 0.449. The highest BCUT2D eigenvalue weighted by molar-refractivity contribution is 4.76. The summed E-state index contributed by atoms with van der Waals surface area (Å²) < 4.78 is 0. The minimum Gasteiger partial charge on any atom is -0.327 e. The van der Waals surface area contributed by atoms with Gasteiger partial charge in [-0.05, 0) is 18.3 Å². The SMILES string of the molecule is CC(C)C(N)CC1CCC1. The first kappa shape index (κ1) is 8.06. The van der Waals surface area contributed by atoms with Crippen molar-refractivity contribution in [2.45, 2.75) is 45.6 Å². The molecule has 0 saturated heterocycles. The summed E-state index contributed by atoms with van der Waals surface area (Å²) in [5, 5.41) is 0. The fraction of sp³-hybridized carbons (Fsp3) is 1.00. The van der Waals surface area contributed by atoms with E-state index >= 15 is 0 Å². The first-order chi connectivity index (χ1) is 4.70. The van der Waals surface area contributed by atoms with Gasteiger partial charge in [0, 0.05) is 6.04 Å². The maximum Gasteiger partial charge on any atom is 0.00645 e. The Labute approximate surface area is 64.0 Å². The number of rotatable bonds is 3. The molecular formula is C9H19N. The van der Waals surface area contributed by atoms with Crippen LogP contribution in [0.2, 0.25) is 0 Å². The van der Waals surface area contributed by atoms with Gasteiger partial charge in [0.05, 0.1) is 0 Å². The van der Waals surface area contributed by atoms with Gasteiger partial charge >= 0.3 is 0 Å². The van der Waals surface area contributed by atoms with Crippen LogP contribution in [0.15, 0.2) is 0 Å². The average molecular weight is 141 g/mol. The van der Waals surface area contributed by atoms with Gasteiger partial charge in [-0.2, -0.15) is 0 Å². The Morgan fingerprint density at radius 1 is 1.40 bits per heavy atom. The van der Waals surface area contributed by atoms with Crippen molar-refractivity contribution in [2.24, 2.45) is 17.6 Å². The Balaban J connectivity index is 2.10. The normalized spacial score (nSPS) is 22.8. The summed E-state index contributed by atoms with van der Waals surface area (Å²) in [6.07, 6.45) is 5.56. The van der Waals surface area contributed by atoms with E-state index in [4.69, 9.17) is 5.73 Å². The molecular weight excluding hydrogens is 122 g/mol. The van der Waals surface area contributed by atoms with Crippen molar-refractivity contribution in [3.63, 3.8) is 0 Å². The van der Waals surface area contributed by atoms with Crippen molar-refractivity contribution in [1.29, 1.82) is 0 Å². The highest BCUT2D eigenvalue weighted by atomic mass is 14.6. The molecule has 1 aliphatic rings. The lowest BCUT2D eigenvalue weighted by atomic mass is 9.79. The summed E-state index contributed by atoms with van der Waals surface area (Å²) in [6.45, 7) is 4.42. The monoisotopic (exact) mass is 141 g/mol. The Morgan fingerprint density at radius 3 is 2.30 bits per heavy atom. The predicted molar refractivity (Wildman–Crippen MR) is 44.8 cm³/mol. The van der Waals surface area contributed by atoms with E-state index in [1.807, 2.05) is 0 Å². The van der Waals surface area contributed by atoms with Gasteiger partial charge in [-0.25, -0.2) is 0 Å². The van der Waals surface area contributed by atoms with E-state index in [0.29, 0.717) is 12.0 Å². The largest absolute Gasteiger partial charge is 0.327 e. The van der Waals surface area contributed by atoms with Gasteiger partial charge in [-0.3, -0.25) is 0 Å². The Kier molecular flexibility index (Phi) is 2.72. The van der Waals surface area contributed by atoms with E-state index in [2.05, 4.69) is 13.8 Å². The molecule has 0 bridgehead atoms. The van der Waals surface area contributed by atoms with Crippen LogP contribution in [0, 0.1) is 11.8 Å². The quantitative estimate of drug-likeness (QED) is 0.640. The second kappa shape index (κ2) is 3.38.